The van der Waals surface area contributed by atoms with Crippen molar-refractivity contribution < 1.29 is 22.8 Å². The van der Waals surface area contributed by atoms with E-state index < -0.39 is 17.8 Å². The number of nitrogens with one attached hydrogen (secondary N) is 1. The molecule has 156 valence electrons. The Kier molecular flexibility index (Phi) is 5.23. The number of alkyl halides is 3. The van der Waals surface area contributed by atoms with Crippen LogP contribution in [0.15, 0.2) is 36.7 Å². The molecular weight excluding hydrogens is 399 g/mol. The van der Waals surface area contributed by atoms with Crippen molar-refractivity contribution in [2.75, 3.05) is 5.32 Å². The van der Waals surface area contributed by atoms with Crippen LogP contribution in [0.25, 0.3) is 10.9 Å². The Balaban J connectivity index is 1.50. The summed E-state index contributed by atoms with van der Waals surface area (Å²) < 4.78 is 40.2. The summed E-state index contributed by atoms with van der Waals surface area (Å²) in [5, 5.41) is 7.74. The van der Waals surface area contributed by atoms with Gasteiger partial charge in [-0.3, -0.25) is 9.48 Å². The fraction of sp³-hybridized carbons (Fsp3) is 0.350. The molecule has 1 amide bonds. The van der Waals surface area contributed by atoms with Gasteiger partial charge in [-0.15, -0.1) is 0 Å². The molecule has 0 radical (unpaired) electrons. The van der Waals surface area contributed by atoms with Gasteiger partial charge < -0.3 is 10.1 Å². The molecule has 3 aromatic rings. The third-order valence-electron chi connectivity index (χ3n) is 5.23. The quantitative estimate of drug-likeness (QED) is 0.648. The standard InChI is InChI=1S/C20H18F3N5O2/c21-20(22,23)17-3-1-2-15(25-17)19(30)26-18-8-13-10-28(27-16(13)9-24-18)14-6-4-12(11-29)5-7-14/h1-3,8-12,14H,4-7H2,(H,26,30). The number of carbonyl (C=O) groups is 2. The van der Waals surface area contributed by atoms with E-state index in [9.17, 15) is 22.8 Å². The number of anilines is 1. The SMILES string of the molecule is O=CC1CCC(n2cc3cc(NC(=O)c4cccc(C(F)(F)F)n4)ncc3n2)CC1. The molecule has 1 N–H and O–H groups in total. The lowest BCUT2D eigenvalue weighted by Gasteiger charge is -2.25. The van der Waals surface area contributed by atoms with E-state index in [1.165, 1.54) is 12.3 Å². The smallest absolute Gasteiger partial charge is 0.305 e. The van der Waals surface area contributed by atoms with Crippen LogP contribution in [0.3, 0.4) is 0 Å². The minimum atomic E-state index is -4.63. The minimum Gasteiger partial charge on any atom is -0.305 e. The topological polar surface area (TPSA) is 89.8 Å². The van der Waals surface area contributed by atoms with E-state index in [1.807, 2.05) is 10.9 Å². The second kappa shape index (κ2) is 7.85. The van der Waals surface area contributed by atoms with Crippen LogP contribution in [0.2, 0.25) is 0 Å². The van der Waals surface area contributed by atoms with Gasteiger partial charge in [0.25, 0.3) is 5.91 Å². The fourth-order valence-corrected chi connectivity index (χ4v) is 3.60. The van der Waals surface area contributed by atoms with Gasteiger partial charge in [-0.2, -0.15) is 18.3 Å². The number of hydrogen-bond acceptors (Lipinski definition) is 5. The molecule has 0 unspecified atom stereocenters. The van der Waals surface area contributed by atoms with Gasteiger partial charge in [0.05, 0.1) is 12.2 Å². The molecule has 1 saturated carbocycles. The highest BCUT2D eigenvalue weighted by Gasteiger charge is 2.33. The molecular formula is C20H18F3N5O2. The fourth-order valence-electron chi connectivity index (χ4n) is 3.60. The van der Waals surface area contributed by atoms with Crippen molar-refractivity contribution in [1.82, 2.24) is 19.7 Å². The van der Waals surface area contributed by atoms with Gasteiger partial charge >= 0.3 is 6.18 Å². The molecule has 1 fully saturated rings. The molecule has 3 heterocycles. The molecule has 0 atom stereocenters. The van der Waals surface area contributed by atoms with Gasteiger partial charge in [0, 0.05) is 17.5 Å². The highest BCUT2D eigenvalue weighted by molar-refractivity contribution is 6.03. The summed E-state index contributed by atoms with van der Waals surface area (Å²) in [6.45, 7) is 0. The molecule has 1 aliphatic carbocycles. The number of aromatic nitrogens is 4. The predicted molar refractivity (Wildman–Crippen MR) is 102 cm³/mol. The maximum Gasteiger partial charge on any atom is 0.433 e. The lowest BCUT2D eigenvalue weighted by Crippen LogP contribution is -2.19. The first kappa shape index (κ1) is 20.0. The molecule has 0 spiro atoms. The zero-order valence-electron chi connectivity index (χ0n) is 15.8. The molecule has 10 heteroatoms. The van der Waals surface area contributed by atoms with Gasteiger partial charge in [-0.1, -0.05) is 6.07 Å². The average Bonchev–Trinajstić information content (AvgIpc) is 3.16. The van der Waals surface area contributed by atoms with Crippen LogP contribution < -0.4 is 5.32 Å². The van der Waals surface area contributed by atoms with Crippen molar-refractivity contribution >= 4 is 28.9 Å². The summed E-state index contributed by atoms with van der Waals surface area (Å²) >= 11 is 0. The molecule has 7 nitrogen and oxygen atoms in total. The molecule has 30 heavy (non-hydrogen) atoms. The number of nitrogens with zero attached hydrogens (tertiary/aromatic N) is 4. The van der Waals surface area contributed by atoms with Crippen molar-refractivity contribution in [3.8, 4) is 0 Å². The molecule has 0 saturated heterocycles. The van der Waals surface area contributed by atoms with Crippen LogP contribution >= 0.6 is 0 Å². The monoisotopic (exact) mass is 417 g/mol. The number of pyridine rings is 2. The Morgan fingerprint density at radius 1 is 1.20 bits per heavy atom. The number of rotatable bonds is 4. The van der Waals surface area contributed by atoms with E-state index in [0.717, 1.165) is 49.5 Å². The van der Waals surface area contributed by atoms with Gasteiger partial charge in [0.2, 0.25) is 0 Å². The summed E-state index contributed by atoms with van der Waals surface area (Å²) in [5.74, 6) is -0.484. The molecule has 0 aliphatic heterocycles. The predicted octanol–water partition coefficient (Wildman–Crippen LogP) is 4.03. The van der Waals surface area contributed by atoms with E-state index in [4.69, 9.17) is 0 Å². The van der Waals surface area contributed by atoms with Gasteiger partial charge in [-0.25, -0.2) is 9.97 Å². The number of aldehydes is 1. The summed E-state index contributed by atoms with van der Waals surface area (Å²) in [4.78, 5) is 30.7. The Bertz CT molecular complexity index is 1090. The Labute approximate surface area is 169 Å². The third kappa shape index (κ3) is 4.17. The van der Waals surface area contributed by atoms with Crippen LogP contribution in [0.5, 0.6) is 0 Å². The van der Waals surface area contributed by atoms with Crippen molar-refractivity contribution in [2.45, 2.75) is 37.9 Å². The van der Waals surface area contributed by atoms with Crippen LogP contribution in [0.1, 0.15) is 47.9 Å². The highest BCUT2D eigenvalue weighted by Crippen LogP contribution is 2.32. The summed E-state index contributed by atoms with van der Waals surface area (Å²) in [6, 6.07) is 4.95. The largest absolute Gasteiger partial charge is 0.433 e. The average molecular weight is 417 g/mol. The number of halogens is 3. The van der Waals surface area contributed by atoms with Crippen LogP contribution in [0, 0.1) is 5.92 Å². The van der Waals surface area contributed by atoms with E-state index in [1.54, 1.807) is 6.07 Å². The van der Waals surface area contributed by atoms with Crippen molar-refractivity contribution in [1.29, 1.82) is 0 Å². The molecule has 0 aromatic carbocycles. The lowest BCUT2D eigenvalue weighted by molar-refractivity contribution is -0.141. The van der Waals surface area contributed by atoms with E-state index in [2.05, 4.69) is 20.4 Å². The van der Waals surface area contributed by atoms with Gasteiger partial charge in [0.1, 0.15) is 29.0 Å². The summed E-state index contributed by atoms with van der Waals surface area (Å²) in [5.41, 5.74) is -0.846. The first-order chi connectivity index (χ1) is 14.3. The molecule has 3 aromatic heterocycles. The number of carbonyl (C=O) groups excluding carboxylic acids is 2. The summed E-state index contributed by atoms with van der Waals surface area (Å²) in [7, 11) is 0. The van der Waals surface area contributed by atoms with Crippen molar-refractivity contribution in [3.63, 3.8) is 0 Å². The zero-order valence-corrected chi connectivity index (χ0v) is 15.8. The van der Waals surface area contributed by atoms with Crippen LogP contribution in [0.4, 0.5) is 19.0 Å². The molecule has 0 bridgehead atoms. The van der Waals surface area contributed by atoms with E-state index >= 15 is 0 Å². The molecule has 4 rings (SSSR count). The first-order valence-corrected chi connectivity index (χ1v) is 9.49. The van der Waals surface area contributed by atoms with E-state index in [0.29, 0.717) is 5.52 Å². The minimum absolute atomic E-state index is 0.110. The number of amides is 1. The van der Waals surface area contributed by atoms with Gasteiger partial charge in [-0.05, 0) is 43.9 Å². The second-order valence-electron chi connectivity index (χ2n) is 7.30. The molecule has 1 aliphatic rings. The van der Waals surface area contributed by atoms with Crippen molar-refractivity contribution in [2.24, 2.45) is 5.92 Å². The van der Waals surface area contributed by atoms with Crippen LogP contribution in [-0.2, 0) is 11.0 Å². The maximum atomic E-state index is 12.8. The maximum absolute atomic E-state index is 12.8. The number of hydrogen-bond donors (Lipinski definition) is 1. The lowest BCUT2D eigenvalue weighted by atomic mass is 9.87. The Hall–Kier alpha value is -3.30. The third-order valence-corrected chi connectivity index (χ3v) is 5.23. The second-order valence-corrected chi connectivity index (χ2v) is 7.30. The van der Waals surface area contributed by atoms with Crippen molar-refractivity contribution in [3.05, 3.63) is 48.0 Å². The highest BCUT2D eigenvalue weighted by atomic mass is 19.4. The zero-order chi connectivity index (χ0) is 21.3. The Morgan fingerprint density at radius 2 is 1.97 bits per heavy atom. The summed E-state index contributed by atoms with van der Waals surface area (Å²) in [6.07, 6.45) is 3.09. The normalized spacial score (nSPS) is 19.6. The Morgan fingerprint density at radius 3 is 2.67 bits per heavy atom. The van der Waals surface area contributed by atoms with Gasteiger partial charge in [0.15, 0.2) is 0 Å². The van der Waals surface area contributed by atoms with E-state index in [-0.39, 0.29) is 23.5 Å². The number of fused-ring (bicyclic) bond motifs is 1. The first-order valence-electron chi connectivity index (χ1n) is 9.49. The van der Waals surface area contributed by atoms with Crippen LogP contribution in [-0.4, -0.2) is 31.9 Å².